The molecule has 1 unspecified atom stereocenters. The fourth-order valence-electron chi connectivity index (χ4n) is 2.68. The number of halogens is 4. The first-order valence-electron chi connectivity index (χ1n) is 9.16. The first-order valence-corrected chi connectivity index (χ1v) is 11.4. The van der Waals surface area contributed by atoms with Crippen molar-refractivity contribution in [3.8, 4) is 11.5 Å². The maximum Gasteiger partial charge on any atom is 0.416 e. The van der Waals surface area contributed by atoms with Crippen molar-refractivity contribution in [1.82, 2.24) is 0 Å². The summed E-state index contributed by atoms with van der Waals surface area (Å²) in [6.45, 7) is 1.75. The van der Waals surface area contributed by atoms with Crippen LogP contribution in [-0.2, 0) is 20.3 Å². The Hall–Kier alpha value is -2.62. The number of benzene rings is 2. The highest BCUT2D eigenvalue weighted by atomic mass is 35.5. The number of carbonyl (C=O) groups excluding carboxylic acids is 1. The highest BCUT2D eigenvalue weighted by molar-refractivity contribution is 7.66. The molecule has 32 heavy (non-hydrogen) atoms. The molecule has 0 fully saturated rings. The molecule has 2 aromatic rings. The van der Waals surface area contributed by atoms with Crippen LogP contribution in [0.2, 0.25) is 5.02 Å². The van der Waals surface area contributed by atoms with E-state index in [0.29, 0.717) is 6.07 Å². The minimum atomic E-state index is -4.62. The lowest BCUT2D eigenvalue weighted by atomic mass is 10.2. The Balaban J connectivity index is 2.30. The maximum absolute atomic E-state index is 12.8. The van der Waals surface area contributed by atoms with E-state index >= 15 is 0 Å². The largest absolute Gasteiger partial charge is 0.466 e. The summed E-state index contributed by atoms with van der Waals surface area (Å²) >= 11 is 5.84. The molecule has 0 saturated heterocycles. The molecule has 0 aliphatic heterocycles. The molecule has 8 nitrogen and oxygen atoms in total. The first-order chi connectivity index (χ1) is 14.8. The topological polar surface area (TPSA) is 116 Å². The summed E-state index contributed by atoms with van der Waals surface area (Å²) in [4.78, 5) is 32.3. The third kappa shape index (κ3) is 6.69. The van der Waals surface area contributed by atoms with Gasteiger partial charge in [0.25, 0.3) is 5.69 Å². The second-order valence-corrected chi connectivity index (χ2v) is 9.23. The molecule has 0 amide bonds. The van der Waals surface area contributed by atoms with Crippen LogP contribution in [0.1, 0.15) is 25.3 Å². The Morgan fingerprint density at radius 2 is 1.94 bits per heavy atom. The first kappa shape index (κ1) is 25.6. The highest BCUT2D eigenvalue weighted by Crippen LogP contribution is 2.45. The molecule has 0 heterocycles. The van der Waals surface area contributed by atoms with Crippen molar-refractivity contribution in [1.29, 1.82) is 0 Å². The quantitative estimate of drug-likeness (QED) is 0.217. The van der Waals surface area contributed by atoms with Crippen LogP contribution in [0.3, 0.4) is 0 Å². The van der Waals surface area contributed by atoms with Gasteiger partial charge < -0.3 is 14.4 Å². The Kier molecular flexibility index (Phi) is 8.28. The molecule has 0 bridgehead atoms. The van der Waals surface area contributed by atoms with Gasteiger partial charge in [0.1, 0.15) is 16.8 Å². The van der Waals surface area contributed by atoms with Gasteiger partial charge in [0.15, 0.2) is 0 Å². The molecule has 13 heteroatoms. The van der Waals surface area contributed by atoms with E-state index in [1.807, 2.05) is 0 Å². The van der Waals surface area contributed by atoms with Gasteiger partial charge in [-0.05, 0) is 37.6 Å². The van der Waals surface area contributed by atoms with E-state index in [1.165, 1.54) is 0 Å². The number of alkyl halides is 3. The Morgan fingerprint density at radius 1 is 1.25 bits per heavy atom. The van der Waals surface area contributed by atoms with E-state index in [9.17, 15) is 37.5 Å². The third-order valence-electron chi connectivity index (χ3n) is 4.15. The van der Waals surface area contributed by atoms with E-state index in [0.717, 1.165) is 30.3 Å². The summed E-state index contributed by atoms with van der Waals surface area (Å²) < 4.78 is 61.2. The molecule has 174 valence electrons. The predicted octanol–water partition coefficient (Wildman–Crippen LogP) is 5.30. The Bertz CT molecular complexity index is 1060. The zero-order valence-electron chi connectivity index (χ0n) is 16.6. The molecule has 0 aliphatic carbocycles. The molecular formula is C19H18ClF3NO7P. The molecular weight excluding hydrogens is 478 g/mol. The van der Waals surface area contributed by atoms with Crippen LogP contribution in [0.25, 0.3) is 0 Å². The lowest BCUT2D eigenvalue weighted by Crippen LogP contribution is -2.14. The van der Waals surface area contributed by atoms with Crippen molar-refractivity contribution in [2.75, 3.05) is 12.8 Å². The average Bonchev–Trinajstić information content (AvgIpc) is 2.68. The highest BCUT2D eigenvalue weighted by Gasteiger charge is 2.32. The number of nitro groups is 1. The standard InChI is InChI=1S/C19H18ClF3NO7P/c1-2-30-18(25)4-3-9-32(28,29)17-11-13(6-7-15(17)24(26)27)31-16-8-5-12(10-14(16)20)19(21,22)23/h5-8,10-11H,2-4,9H2,1H3,(H,28,29). The van der Waals surface area contributed by atoms with Crippen molar-refractivity contribution in [3.63, 3.8) is 0 Å². The number of nitro benzene ring substituents is 1. The van der Waals surface area contributed by atoms with Crippen LogP contribution in [0.5, 0.6) is 11.5 Å². The second-order valence-electron chi connectivity index (χ2n) is 6.49. The van der Waals surface area contributed by atoms with Crippen LogP contribution in [0, 0.1) is 10.1 Å². The van der Waals surface area contributed by atoms with E-state index in [1.54, 1.807) is 6.92 Å². The van der Waals surface area contributed by atoms with Gasteiger partial charge in [-0.1, -0.05) is 11.6 Å². The van der Waals surface area contributed by atoms with Crippen molar-refractivity contribution in [3.05, 3.63) is 57.1 Å². The molecule has 0 saturated carbocycles. The number of ether oxygens (including phenoxy) is 2. The molecule has 0 spiro atoms. The third-order valence-corrected chi connectivity index (χ3v) is 6.48. The molecule has 0 aromatic heterocycles. The number of hydrogen-bond acceptors (Lipinski definition) is 6. The lowest BCUT2D eigenvalue weighted by Gasteiger charge is -2.15. The van der Waals surface area contributed by atoms with Crippen molar-refractivity contribution in [2.24, 2.45) is 0 Å². The number of rotatable bonds is 9. The molecule has 2 rings (SSSR count). The van der Waals surface area contributed by atoms with Crippen LogP contribution in [-0.4, -0.2) is 28.6 Å². The number of esters is 1. The average molecular weight is 496 g/mol. The minimum Gasteiger partial charge on any atom is -0.466 e. The van der Waals surface area contributed by atoms with Crippen LogP contribution < -0.4 is 10.0 Å². The molecule has 0 radical (unpaired) electrons. The van der Waals surface area contributed by atoms with Gasteiger partial charge in [0.05, 0.1) is 22.1 Å². The fourth-order valence-corrected chi connectivity index (χ4v) is 4.57. The fraction of sp³-hybridized carbons (Fsp3) is 0.316. The van der Waals surface area contributed by atoms with Gasteiger partial charge in [-0.3, -0.25) is 19.5 Å². The summed E-state index contributed by atoms with van der Waals surface area (Å²) in [5, 5.41) is 10.4. The zero-order chi connectivity index (χ0) is 24.1. The monoisotopic (exact) mass is 495 g/mol. The summed E-state index contributed by atoms with van der Waals surface area (Å²) in [6.07, 6.45) is -5.25. The van der Waals surface area contributed by atoms with Gasteiger partial charge >= 0.3 is 12.1 Å². The molecule has 0 aliphatic rings. The molecule has 2 aromatic carbocycles. The van der Waals surface area contributed by atoms with Crippen LogP contribution in [0.15, 0.2) is 36.4 Å². The number of carbonyl (C=O) groups is 1. The molecule has 1 atom stereocenters. The Labute approximate surface area is 185 Å². The summed E-state index contributed by atoms with van der Waals surface area (Å²) in [5.74, 6) is -0.905. The van der Waals surface area contributed by atoms with E-state index in [2.05, 4.69) is 0 Å². The van der Waals surface area contributed by atoms with Crippen molar-refractivity contribution >= 4 is 35.9 Å². The zero-order valence-corrected chi connectivity index (χ0v) is 18.2. The van der Waals surface area contributed by atoms with Crippen molar-refractivity contribution < 1.29 is 41.8 Å². The van der Waals surface area contributed by atoms with Gasteiger partial charge in [0.2, 0.25) is 7.37 Å². The van der Waals surface area contributed by atoms with Gasteiger partial charge in [-0.15, -0.1) is 0 Å². The second kappa shape index (κ2) is 10.3. The number of hydrogen-bond donors (Lipinski definition) is 1. The van der Waals surface area contributed by atoms with E-state index < -0.39 is 47.2 Å². The summed E-state index contributed by atoms with van der Waals surface area (Å²) in [7, 11) is -4.30. The maximum atomic E-state index is 12.8. The molecule has 1 N–H and O–H groups in total. The SMILES string of the molecule is CCOC(=O)CCCP(=O)(O)c1cc(Oc2ccc(C(F)(F)F)cc2Cl)ccc1[N+](=O)[O-]. The van der Waals surface area contributed by atoms with E-state index in [4.69, 9.17) is 21.1 Å². The Morgan fingerprint density at radius 3 is 2.50 bits per heavy atom. The summed E-state index contributed by atoms with van der Waals surface area (Å²) in [6, 6.07) is 5.36. The normalized spacial score (nSPS) is 13.3. The predicted molar refractivity (Wildman–Crippen MR) is 110 cm³/mol. The smallest absolute Gasteiger partial charge is 0.416 e. The van der Waals surface area contributed by atoms with Gasteiger partial charge in [-0.25, -0.2) is 0 Å². The van der Waals surface area contributed by atoms with Gasteiger partial charge in [-0.2, -0.15) is 13.2 Å². The number of nitrogens with zero attached hydrogens (tertiary/aromatic N) is 1. The minimum absolute atomic E-state index is 0.0560. The van der Waals surface area contributed by atoms with E-state index in [-0.39, 0.29) is 36.0 Å². The lowest BCUT2D eigenvalue weighted by molar-refractivity contribution is -0.383. The van der Waals surface area contributed by atoms with Crippen LogP contribution in [0.4, 0.5) is 18.9 Å². The van der Waals surface area contributed by atoms with Crippen LogP contribution >= 0.6 is 19.0 Å². The van der Waals surface area contributed by atoms with Crippen molar-refractivity contribution in [2.45, 2.75) is 25.9 Å². The van der Waals surface area contributed by atoms with Gasteiger partial charge in [0, 0.05) is 24.7 Å². The summed E-state index contributed by atoms with van der Waals surface area (Å²) in [5.41, 5.74) is -1.64.